The summed E-state index contributed by atoms with van der Waals surface area (Å²) in [6, 6.07) is 16.9. The minimum absolute atomic E-state index is 0.0224. The highest BCUT2D eigenvalue weighted by Gasteiger charge is 2.23. The number of nitrogens with one attached hydrogen (secondary N) is 5. The van der Waals surface area contributed by atoms with Gasteiger partial charge in [0.15, 0.2) is 12.4 Å². The summed E-state index contributed by atoms with van der Waals surface area (Å²) >= 11 is 0. The third-order valence-electron chi connectivity index (χ3n) is 7.37. The Kier molecular flexibility index (Phi) is 13.2. The molecule has 3 aromatic carbocycles. The molecule has 5 N–H and O–H groups in total. The molecule has 14 nitrogen and oxygen atoms in total. The first-order chi connectivity index (χ1) is 23.6. The van der Waals surface area contributed by atoms with Crippen molar-refractivity contribution >= 4 is 39.9 Å². The van der Waals surface area contributed by atoms with Crippen LogP contribution in [-0.4, -0.2) is 70.6 Å². The first kappa shape index (κ1) is 36.6. The second-order valence-electron chi connectivity index (χ2n) is 11.0. The van der Waals surface area contributed by atoms with Gasteiger partial charge in [0.1, 0.15) is 11.5 Å². The van der Waals surface area contributed by atoms with E-state index in [0.29, 0.717) is 48.6 Å². The van der Waals surface area contributed by atoms with Crippen LogP contribution in [-0.2, 0) is 27.8 Å². The molecular formula is C34H40N6O8S. The van der Waals surface area contributed by atoms with Gasteiger partial charge in [-0.05, 0) is 73.4 Å². The fourth-order valence-electron chi connectivity index (χ4n) is 4.64. The van der Waals surface area contributed by atoms with Crippen LogP contribution in [0.3, 0.4) is 0 Å². The summed E-state index contributed by atoms with van der Waals surface area (Å²) in [4.78, 5) is 48.6. The molecule has 3 aromatic rings. The van der Waals surface area contributed by atoms with Crippen LogP contribution in [0.1, 0.15) is 58.5 Å². The SMILES string of the molecule is CCNC(=O)COc1ccc(CCNC(=O)N/N=C/C(CC)NC(=O)c2ccc(CNS(=O)(=O)c3ccc4c(c3)C(=O)CCO4)cc2)cc1. The zero-order chi connectivity index (χ0) is 35.2. The van der Waals surface area contributed by atoms with E-state index < -0.39 is 22.1 Å². The number of ketones is 1. The largest absolute Gasteiger partial charge is 0.492 e. The predicted molar refractivity (Wildman–Crippen MR) is 182 cm³/mol. The van der Waals surface area contributed by atoms with E-state index in [0.717, 1.165) is 5.56 Å². The summed E-state index contributed by atoms with van der Waals surface area (Å²) in [5, 5.41) is 12.1. The van der Waals surface area contributed by atoms with Crippen molar-refractivity contribution in [3.05, 3.63) is 89.0 Å². The highest BCUT2D eigenvalue weighted by molar-refractivity contribution is 7.89. The van der Waals surface area contributed by atoms with E-state index in [1.54, 1.807) is 36.4 Å². The Morgan fingerprint density at radius 3 is 2.43 bits per heavy atom. The summed E-state index contributed by atoms with van der Waals surface area (Å²) in [5.74, 6) is 0.225. The summed E-state index contributed by atoms with van der Waals surface area (Å²) < 4.78 is 39.0. The number of fused-ring (bicyclic) bond motifs is 1. The van der Waals surface area contributed by atoms with Gasteiger partial charge in [-0.2, -0.15) is 5.10 Å². The van der Waals surface area contributed by atoms with E-state index in [9.17, 15) is 27.6 Å². The molecule has 0 radical (unpaired) electrons. The summed E-state index contributed by atoms with van der Waals surface area (Å²) in [6.07, 6.45) is 2.71. The number of carbonyl (C=O) groups is 4. The Morgan fingerprint density at radius 1 is 0.980 bits per heavy atom. The van der Waals surface area contributed by atoms with Crippen molar-refractivity contribution in [2.45, 2.75) is 50.6 Å². The third-order valence-corrected chi connectivity index (χ3v) is 8.77. The Bertz CT molecular complexity index is 1760. The second kappa shape index (κ2) is 17.8. The van der Waals surface area contributed by atoms with Crippen LogP contribution in [0, 0.1) is 0 Å². The normalized spacial score (nSPS) is 13.1. The molecule has 0 saturated heterocycles. The number of Topliss-reactive ketones (excluding diaryl/α,β-unsaturated/α-hetero) is 1. The minimum atomic E-state index is -3.90. The van der Waals surface area contributed by atoms with Crippen molar-refractivity contribution in [3.8, 4) is 11.5 Å². The van der Waals surface area contributed by atoms with Gasteiger partial charge >= 0.3 is 6.03 Å². The lowest BCUT2D eigenvalue weighted by Gasteiger charge is -2.17. The maximum atomic E-state index is 12.8. The zero-order valence-corrected chi connectivity index (χ0v) is 28.1. The number of nitrogens with zero attached hydrogens (tertiary/aromatic N) is 1. The molecule has 49 heavy (non-hydrogen) atoms. The number of hydrogen-bond acceptors (Lipinski definition) is 9. The molecular weight excluding hydrogens is 652 g/mol. The lowest BCUT2D eigenvalue weighted by molar-refractivity contribution is -0.122. The lowest BCUT2D eigenvalue weighted by Crippen LogP contribution is -2.37. The minimum Gasteiger partial charge on any atom is -0.492 e. The number of sulfonamides is 1. The Labute approximate surface area is 285 Å². The van der Waals surface area contributed by atoms with E-state index >= 15 is 0 Å². The molecule has 4 rings (SSSR count). The quantitative estimate of drug-likeness (QED) is 0.112. The molecule has 4 amide bonds. The van der Waals surface area contributed by atoms with Gasteiger partial charge in [0.2, 0.25) is 10.0 Å². The van der Waals surface area contributed by atoms with Crippen LogP contribution < -0.4 is 35.6 Å². The molecule has 1 unspecified atom stereocenters. The number of urea groups is 1. The number of hydrogen-bond donors (Lipinski definition) is 5. The number of rotatable bonds is 16. The molecule has 0 bridgehead atoms. The predicted octanol–water partition coefficient (Wildman–Crippen LogP) is 2.68. The van der Waals surface area contributed by atoms with Gasteiger partial charge in [-0.25, -0.2) is 23.4 Å². The lowest BCUT2D eigenvalue weighted by atomic mass is 10.1. The third kappa shape index (κ3) is 11.1. The monoisotopic (exact) mass is 692 g/mol. The van der Waals surface area contributed by atoms with Crippen LogP contribution in [0.15, 0.2) is 76.7 Å². The van der Waals surface area contributed by atoms with Crippen LogP contribution in [0.5, 0.6) is 11.5 Å². The number of likely N-dealkylation sites (N-methyl/N-ethyl adjacent to an activating group) is 1. The van der Waals surface area contributed by atoms with Gasteiger partial charge in [0.25, 0.3) is 11.8 Å². The van der Waals surface area contributed by atoms with Crippen molar-refractivity contribution in [2.75, 3.05) is 26.3 Å². The summed E-state index contributed by atoms with van der Waals surface area (Å²) in [6.45, 7) is 4.78. The molecule has 1 aliphatic heterocycles. The molecule has 0 aliphatic carbocycles. The average Bonchev–Trinajstić information content (AvgIpc) is 3.10. The van der Waals surface area contributed by atoms with E-state index in [1.165, 1.54) is 24.4 Å². The van der Waals surface area contributed by atoms with E-state index in [2.05, 4.69) is 31.2 Å². The Hall–Kier alpha value is -5.28. The Balaban J connectivity index is 1.17. The smallest absolute Gasteiger partial charge is 0.335 e. The van der Waals surface area contributed by atoms with Gasteiger partial charge in [0.05, 0.1) is 23.1 Å². The van der Waals surface area contributed by atoms with Gasteiger partial charge in [-0.3, -0.25) is 14.4 Å². The van der Waals surface area contributed by atoms with Crippen molar-refractivity contribution in [3.63, 3.8) is 0 Å². The maximum Gasteiger partial charge on any atom is 0.335 e. The molecule has 260 valence electrons. The molecule has 0 aromatic heterocycles. The topological polar surface area (TPSA) is 193 Å². The highest BCUT2D eigenvalue weighted by atomic mass is 32.2. The fourth-order valence-corrected chi connectivity index (χ4v) is 5.68. The van der Waals surface area contributed by atoms with Gasteiger partial charge in [-0.1, -0.05) is 31.2 Å². The summed E-state index contributed by atoms with van der Waals surface area (Å²) in [7, 11) is -3.90. The Morgan fingerprint density at radius 2 is 1.71 bits per heavy atom. The maximum absolute atomic E-state index is 12.8. The summed E-state index contributed by atoms with van der Waals surface area (Å²) in [5.41, 5.74) is 4.59. The number of benzene rings is 3. The fraction of sp³-hybridized carbons (Fsp3) is 0.324. The first-order valence-corrected chi connectivity index (χ1v) is 17.3. The molecule has 1 atom stereocenters. The number of carbonyl (C=O) groups excluding carboxylic acids is 4. The van der Waals surface area contributed by atoms with E-state index in [1.807, 2.05) is 26.0 Å². The molecule has 15 heteroatoms. The van der Waals surface area contributed by atoms with Crippen LogP contribution in [0.2, 0.25) is 0 Å². The van der Waals surface area contributed by atoms with Gasteiger partial charge in [-0.15, -0.1) is 0 Å². The average molecular weight is 693 g/mol. The molecule has 1 aliphatic rings. The molecule has 0 saturated carbocycles. The van der Waals surface area contributed by atoms with Crippen LogP contribution >= 0.6 is 0 Å². The van der Waals surface area contributed by atoms with Gasteiger partial charge < -0.3 is 25.4 Å². The highest BCUT2D eigenvalue weighted by Crippen LogP contribution is 2.27. The van der Waals surface area contributed by atoms with E-state index in [4.69, 9.17) is 9.47 Å². The van der Waals surface area contributed by atoms with Crippen molar-refractivity contribution in [2.24, 2.45) is 5.10 Å². The van der Waals surface area contributed by atoms with Crippen molar-refractivity contribution < 1.29 is 37.1 Å². The molecule has 0 fully saturated rings. The van der Waals surface area contributed by atoms with Crippen LogP contribution in [0.4, 0.5) is 4.79 Å². The zero-order valence-electron chi connectivity index (χ0n) is 27.3. The number of ether oxygens (including phenoxy) is 2. The number of amides is 4. The van der Waals surface area contributed by atoms with E-state index in [-0.39, 0.29) is 54.2 Å². The van der Waals surface area contributed by atoms with Crippen molar-refractivity contribution in [1.29, 1.82) is 0 Å². The van der Waals surface area contributed by atoms with Crippen LogP contribution in [0.25, 0.3) is 0 Å². The first-order valence-electron chi connectivity index (χ1n) is 15.8. The second-order valence-corrected chi connectivity index (χ2v) is 12.7. The van der Waals surface area contributed by atoms with Crippen molar-refractivity contribution in [1.82, 2.24) is 26.1 Å². The number of hydrazone groups is 1. The standard InChI is InChI=1S/C34H40N6O8S/c1-3-26(21-37-40-34(44)36-17-15-23-7-11-27(12-8-23)48-22-32(42)35-4-2)39-33(43)25-9-5-24(6-10-25)20-38-49(45,46)28-13-14-31-29(19-28)30(41)16-18-47-31/h5-14,19,21,26,38H,3-4,15-18,20,22H2,1-2H3,(H,35,42)(H,39,43)(H2,36,40,44)/b37-21+. The molecule has 1 heterocycles. The molecule has 0 spiro atoms. The van der Waals surface area contributed by atoms with Gasteiger partial charge in [0, 0.05) is 37.8 Å².